The van der Waals surface area contributed by atoms with Gasteiger partial charge in [-0.15, -0.1) is 0 Å². The highest BCUT2D eigenvalue weighted by Gasteiger charge is 2.01. The molecule has 0 aromatic rings. The summed E-state index contributed by atoms with van der Waals surface area (Å²) in [7, 11) is 0.00230. The first-order chi connectivity index (χ1) is 8.33. The van der Waals surface area contributed by atoms with Crippen LogP contribution in [0.4, 0.5) is 0 Å². The Labute approximate surface area is 112 Å². The van der Waals surface area contributed by atoms with E-state index in [0.29, 0.717) is 6.42 Å². The molecule has 0 radical (unpaired) electrons. The van der Waals surface area contributed by atoms with Crippen LogP contribution in [0, 0.1) is 0 Å². The van der Waals surface area contributed by atoms with Gasteiger partial charge in [-0.2, -0.15) is 8.42 Å². The average molecular weight is 283 g/mol. The fraction of sp³-hybridized carbons (Fsp3) is 1.00. The van der Waals surface area contributed by atoms with Crippen LogP contribution in [0.3, 0.4) is 0 Å². The van der Waals surface area contributed by atoms with E-state index in [1.54, 1.807) is 0 Å². The molecule has 112 valence electrons. The normalized spacial score (nSPS) is 11.2. The lowest BCUT2D eigenvalue weighted by molar-refractivity contribution is 0.261. The van der Waals surface area contributed by atoms with E-state index in [-0.39, 0.29) is 6.61 Å². The van der Waals surface area contributed by atoms with E-state index in [1.165, 1.54) is 19.4 Å². The molecule has 18 heavy (non-hydrogen) atoms. The van der Waals surface area contributed by atoms with Gasteiger partial charge in [-0.25, -0.2) is 4.18 Å². The van der Waals surface area contributed by atoms with Crippen LogP contribution in [0.1, 0.15) is 52.4 Å². The molecule has 0 unspecified atom stereocenters. The van der Waals surface area contributed by atoms with E-state index < -0.39 is 10.4 Å². The zero-order valence-electron chi connectivity index (χ0n) is 12.2. The van der Waals surface area contributed by atoms with Crippen molar-refractivity contribution in [1.82, 2.24) is 4.90 Å². The molecule has 5 nitrogen and oxygen atoms in total. The molecule has 0 saturated heterocycles. The zero-order chi connectivity index (χ0) is 14.4. The topological polar surface area (TPSA) is 66.8 Å². The minimum Gasteiger partial charge on any atom is -0.309 e. The third-order valence-corrected chi connectivity index (χ3v) is 2.65. The predicted octanol–water partition coefficient (Wildman–Crippen LogP) is 2.73. The van der Waals surface area contributed by atoms with Crippen LogP contribution in [-0.2, 0) is 14.6 Å². The fourth-order valence-corrected chi connectivity index (χ4v) is 1.50. The minimum absolute atomic E-state index is 0.0822. The molecule has 0 aromatic carbocycles. The van der Waals surface area contributed by atoms with Gasteiger partial charge in [-0.3, -0.25) is 4.55 Å². The van der Waals surface area contributed by atoms with Gasteiger partial charge in [0, 0.05) is 0 Å². The van der Waals surface area contributed by atoms with Crippen molar-refractivity contribution in [2.45, 2.75) is 52.4 Å². The summed E-state index contributed by atoms with van der Waals surface area (Å²) in [5, 5.41) is 0. The van der Waals surface area contributed by atoms with E-state index >= 15 is 0 Å². The molecule has 6 heteroatoms. The Balaban J connectivity index is 0. The standard InChI is InChI=1S/C6H15N.C6H14O4S/c1-4-5-6-7(2)3;1-2-3-4-5-6-10-11(7,8)9/h4-6H2,1-3H3;2-6H2,1H3,(H,7,8,9). The molecule has 0 aliphatic rings. The van der Waals surface area contributed by atoms with Crippen molar-refractivity contribution in [1.29, 1.82) is 0 Å². The molecule has 0 saturated carbocycles. The van der Waals surface area contributed by atoms with Gasteiger partial charge >= 0.3 is 10.4 Å². The second-order valence-electron chi connectivity index (χ2n) is 4.47. The SMILES string of the molecule is CCCCCCOS(=O)(=O)O.CCCCN(C)C. The van der Waals surface area contributed by atoms with E-state index in [1.807, 2.05) is 0 Å². The molecular weight excluding hydrogens is 254 g/mol. The first kappa shape index (κ1) is 20.2. The molecule has 0 amide bonds. The smallest absolute Gasteiger partial charge is 0.309 e. The summed E-state index contributed by atoms with van der Waals surface area (Å²) in [6.07, 6.45) is 6.39. The Morgan fingerprint density at radius 1 is 1.00 bits per heavy atom. The maximum Gasteiger partial charge on any atom is 0.397 e. The van der Waals surface area contributed by atoms with Crippen molar-refractivity contribution in [3.63, 3.8) is 0 Å². The van der Waals surface area contributed by atoms with Crippen LogP contribution >= 0.6 is 0 Å². The van der Waals surface area contributed by atoms with Crippen LogP contribution in [0.15, 0.2) is 0 Å². The molecule has 0 heterocycles. The van der Waals surface area contributed by atoms with Crippen LogP contribution < -0.4 is 0 Å². The quantitative estimate of drug-likeness (QED) is 0.520. The highest BCUT2D eigenvalue weighted by Crippen LogP contribution is 1.99. The summed E-state index contributed by atoms with van der Waals surface area (Å²) in [4.78, 5) is 2.21. The third-order valence-electron chi connectivity index (χ3n) is 2.19. The van der Waals surface area contributed by atoms with Gasteiger partial charge in [-0.05, 0) is 33.5 Å². The third kappa shape index (κ3) is 24.9. The van der Waals surface area contributed by atoms with Crippen LogP contribution in [0.5, 0.6) is 0 Å². The number of hydrogen-bond donors (Lipinski definition) is 1. The fourth-order valence-electron chi connectivity index (χ4n) is 1.17. The van der Waals surface area contributed by atoms with Gasteiger partial charge < -0.3 is 4.90 Å². The zero-order valence-corrected chi connectivity index (χ0v) is 13.0. The largest absolute Gasteiger partial charge is 0.397 e. The molecule has 0 aliphatic carbocycles. The van der Waals surface area contributed by atoms with Crippen LogP contribution in [0.25, 0.3) is 0 Å². The lowest BCUT2D eigenvalue weighted by atomic mass is 10.2. The minimum atomic E-state index is -4.21. The number of rotatable bonds is 9. The first-order valence-corrected chi connectivity index (χ1v) is 7.96. The molecule has 0 spiro atoms. The molecule has 0 rings (SSSR count). The Kier molecular flexibility index (Phi) is 14.9. The Hall–Kier alpha value is -0.170. The number of unbranched alkanes of at least 4 members (excludes halogenated alkanes) is 4. The average Bonchev–Trinajstić information content (AvgIpc) is 2.25. The summed E-state index contributed by atoms with van der Waals surface area (Å²) in [5.41, 5.74) is 0. The van der Waals surface area contributed by atoms with Crippen molar-refractivity contribution in [3.05, 3.63) is 0 Å². The second-order valence-corrected chi connectivity index (χ2v) is 5.56. The monoisotopic (exact) mass is 283 g/mol. The van der Waals surface area contributed by atoms with Gasteiger partial charge in [0.15, 0.2) is 0 Å². The highest BCUT2D eigenvalue weighted by atomic mass is 32.3. The van der Waals surface area contributed by atoms with Crippen molar-refractivity contribution in [2.24, 2.45) is 0 Å². The lowest BCUT2D eigenvalue weighted by Gasteiger charge is -2.05. The van der Waals surface area contributed by atoms with Gasteiger partial charge in [0.2, 0.25) is 0 Å². The Bertz CT molecular complexity index is 253. The Morgan fingerprint density at radius 3 is 1.89 bits per heavy atom. The highest BCUT2D eigenvalue weighted by molar-refractivity contribution is 7.80. The molecule has 1 N–H and O–H groups in total. The summed E-state index contributed by atoms with van der Waals surface area (Å²) in [6.45, 7) is 5.59. The van der Waals surface area contributed by atoms with Gasteiger partial charge in [0.25, 0.3) is 0 Å². The summed E-state index contributed by atoms with van der Waals surface area (Å²) < 4.78 is 32.2. The van der Waals surface area contributed by atoms with E-state index in [0.717, 1.165) is 19.3 Å². The summed E-state index contributed by atoms with van der Waals surface area (Å²) in [6, 6.07) is 0. The summed E-state index contributed by atoms with van der Waals surface area (Å²) >= 11 is 0. The second kappa shape index (κ2) is 13.3. The Morgan fingerprint density at radius 2 is 1.56 bits per heavy atom. The number of hydrogen-bond acceptors (Lipinski definition) is 4. The molecular formula is C12H29NO4S. The van der Waals surface area contributed by atoms with Crippen LogP contribution in [0.2, 0.25) is 0 Å². The van der Waals surface area contributed by atoms with Gasteiger partial charge in [0.1, 0.15) is 0 Å². The lowest BCUT2D eigenvalue weighted by Crippen LogP contribution is -2.12. The number of nitrogens with zero attached hydrogens (tertiary/aromatic N) is 1. The molecule has 0 atom stereocenters. The maximum absolute atomic E-state index is 10.00. The summed E-state index contributed by atoms with van der Waals surface area (Å²) in [5.74, 6) is 0. The molecule has 0 aromatic heterocycles. The van der Waals surface area contributed by atoms with Crippen molar-refractivity contribution >= 4 is 10.4 Å². The van der Waals surface area contributed by atoms with E-state index in [2.05, 4.69) is 37.0 Å². The van der Waals surface area contributed by atoms with Crippen molar-refractivity contribution in [3.8, 4) is 0 Å². The van der Waals surface area contributed by atoms with E-state index in [9.17, 15) is 8.42 Å². The van der Waals surface area contributed by atoms with Gasteiger partial charge in [0.05, 0.1) is 6.61 Å². The van der Waals surface area contributed by atoms with Gasteiger partial charge in [-0.1, -0.05) is 39.5 Å². The molecule has 0 fully saturated rings. The first-order valence-electron chi connectivity index (χ1n) is 6.60. The van der Waals surface area contributed by atoms with Crippen molar-refractivity contribution in [2.75, 3.05) is 27.2 Å². The predicted molar refractivity (Wildman–Crippen MR) is 75.1 cm³/mol. The van der Waals surface area contributed by atoms with E-state index in [4.69, 9.17) is 4.55 Å². The molecule has 0 bridgehead atoms. The van der Waals surface area contributed by atoms with Crippen molar-refractivity contribution < 1.29 is 17.2 Å². The van der Waals surface area contributed by atoms with Crippen LogP contribution in [-0.4, -0.2) is 45.1 Å². The molecule has 0 aliphatic heterocycles. The maximum atomic E-state index is 10.00.